The molecule has 1 aliphatic heterocycles. The first-order chi connectivity index (χ1) is 14.0. The first kappa shape index (κ1) is 19.7. The Hall–Kier alpha value is -2.65. The molecule has 0 radical (unpaired) electrons. The molecule has 0 unspecified atom stereocenters. The summed E-state index contributed by atoms with van der Waals surface area (Å²) in [5.41, 5.74) is 1.19. The summed E-state index contributed by atoms with van der Waals surface area (Å²) in [4.78, 5) is 29.5. The number of aromatic nitrogens is 1. The van der Waals surface area contributed by atoms with Gasteiger partial charge in [-0.25, -0.2) is 0 Å². The van der Waals surface area contributed by atoms with Crippen molar-refractivity contribution in [1.29, 1.82) is 0 Å². The van der Waals surface area contributed by atoms with Crippen molar-refractivity contribution in [2.45, 2.75) is 13.5 Å². The van der Waals surface area contributed by atoms with E-state index in [0.29, 0.717) is 35.1 Å². The van der Waals surface area contributed by atoms with E-state index >= 15 is 0 Å². The molecule has 0 aliphatic carbocycles. The van der Waals surface area contributed by atoms with Crippen molar-refractivity contribution < 1.29 is 23.8 Å². The minimum atomic E-state index is -0.403. The molecule has 1 amide bonds. The van der Waals surface area contributed by atoms with Crippen LogP contribution in [-0.2, 0) is 16.1 Å². The Morgan fingerprint density at radius 3 is 2.55 bits per heavy atom. The predicted octanol–water partition coefficient (Wildman–Crippen LogP) is 3.54. The normalized spacial score (nSPS) is 13.5. The van der Waals surface area contributed by atoms with Gasteiger partial charge in [0, 0.05) is 22.2 Å². The van der Waals surface area contributed by atoms with Gasteiger partial charge >= 0.3 is 5.97 Å². The highest BCUT2D eigenvalue weighted by atomic mass is 79.9. The summed E-state index contributed by atoms with van der Waals surface area (Å²) in [6.45, 7) is 2.90. The van der Waals surface area contributed by atoms with E-state index in [1.807, 2.05) is 12.1 Å². The van der Waals surface area contributed by atoms with E-state index in [0.717, 1.165) is 14.7 Å². The van der Waals surface area contributed by atoms with Gasteiger partial charge in [-0.05, 0) is 31.2 Å². The fraction of sp³-hybridized carbons (Fsp3) is 0.250. The first-order valence-electron chi connectivity index (χ1n) is 8.98. The summed E-state index contributed by atoms with van der Waals surface area (Å²) in [6, 6.07) is 10.6. The molecule has 29 heavy (non-hydrogen) atoms. The highest BCUT2D eigenvalue weighted by molar-refractivity contribution is 9.10. The topological polar surface area (TPSA) is 79.1 Å². The molecule has 0 bridgehead atoms. The van der Waals surface area contributed by atoms with Gasteiger partial charge in [0.05, 0.1) is 16.8 Å². The third-order valence-corrected chi connectivity index (χ3v) is 5.80. The van der Waals surface area contributed by atoms with E-state index in [4.69, 9.17) is 14.2 Å². The summed E-state index contributed by atoms with van der Waals surface area (Å²) in [5, 5.41) is 0. The lowest BCUT2D eigenvalue weighted by molar-refractivity contribution is -0.143. The van der Waals surface area contributed by atoms with Crippen LogP contribution in [0.15, 0.2) is 45.9 Å². The van der Waals surface area contributed by atoms with Gasteiger partial charge in [-0.2, -0.15) is 4.99 Å². The Balaban J connectivity index is 1.83. The number of amides is 1. The molecule has 7 nitrogen and oxygen atoms in total. The Morgan fingerprint density at radius 2 is 1.86 bits per heavy atom. The highest BCUT2D eigenvalue weighted by Crippen LogP contribution is 2.35. The lowest BCUT2D eigenvalue weighted by Gasteiger charge is -2.18. The van der Waals surface area contributed by atoms with Crippen molar-refractivity contribution in [2.24, 2.45) is 4.99 Å². The number of hydrogen-bond donors (Lipinski definition) is 0. The van der Waals surface area contributed by atoms with Crippen LogP contribution in [0.1, 0.15) is 17.3 Å². The number of nitrogens with zero attached hydrogens (tertiary/aromatic N) is 2. The number of thiazole rings is 1. The SMILES string of the molecule is CCOC(=O)Cn1c(=NC(=O)c2ccc(Br)cc2)sc2cc3c(cc21)OCCO3. The summed E-state index contributed by atoms with van der Waals surface area (Å²) >= 11 is 4.66. The van der Waals surface area contributed by atoms with E-state index in [1.54, 1.807) is 35.8 Å². The second-order valence-electron chi connectivity index (χ2n) is 6.16. The van der Waals surface area contributed by atoms with Crippen LogP contribution < -0.4 is 14.3 Å². The number of rotatable bonds is 4. The van der Waals surface area contributed by atoms with Crippen molar-refractivity contribution in [1.82, 2.24) is 4.57 Å². The Bertz CT molecular complexity index is 1150. The third kappa shape index (κ3) is 4.20. The molecular formula is C20H17BrN2O5S. The second-order valence-corrected chi connectivity index (χ2v) is 8.09. The summed E-state index contributed by atoms with van der Waals surface area (Å²) in [7, 11) is 0. The molecule has 0 spiro atoms. The van der Waals surface area contributed by atoms with Crippen LogP contribution in [0, 0.1) is 0 Å². The number of hydrogen-bond acceptors (Lipinski definition) is 6. The van der Waals surface area contributed by atoms with E-state index in [-0.39, 0.29) is 19.1 Å². The van der Waals surface area contributed by atoms with Gasteiger partial charge in [0.2, 0.25) is 0 Å². The first-order valence-corrected chi connectivity index (χ1v) is 10.6. The Morgan fingerprint density at radius 1 is 1.17 bits per heavy atom. The van der Waals surface area contributed by atoms with Crippen molar-refractivity contribution >= 4 is 49.4 Å². The molecule has 0 fully saturated rings. The molecule has 0 atom stereocenters. The van der Waals surface area contributed by atoms with Gasteiger partial charge in [0.15, 0.2) is 16.3 Å². The maximum Gasteiger partial charge on any atom is 0.326 e. The monoisotopic (exact) mass is 476 g/mol. The van der Waals surface area contributed by atoms with Crippen LogP contribution >= 0.6 is 27.3 Å². The average molecular weight is 477 g/mol. The van der Waals surface area contributed by atoms with Crippen LogP contribution in [0.2, 0.25) is 0 Å². The lowest BCUT2D eigenvalue weighted by atomic mass is 10.2. The lowest BCUT2D eigenvalue weighted by Crippen LogP contribution is -2.23. The predicted molar refractivity (Wildman–Crippen MR) is 111 cm³/mol. The summed E-state index contributed by atoms with van der Waals surface area (Å²) < 4.78 is 19.8. The molecule has 3 aromatic rings. The maximum atomic E-state index is 12.7. The molecule has 2 aromatic carbocycles. The van der Waals surface area contributed by atoms with E-state index in [9.17, 15) is 9.59 Å². The van der Waals surface area contributed by atoms with E-state index in [1.165, 1.54) is 11.3 Å². The maximum absolute atomic E-state index is 12.7. The van der Waals surface area contributed by atoms with Gasteiger partial charge in [-0.1, -0.05) is 27.3 Å². The molecule has 0 saturated carbocycles. The summed E-state index contributed by atoms with van der Waals surface area (Å²) in [6.07, 6.45) is 0. The average Bonchev–Trinajstić information content (AvgIpc) is 3.02. The molecule has 1 aliphatic rings. The zero-order valence-electron chi connectivity index (χ0n) is 15.5. The zero-order valence-corrected chi connectivity index (χ0v) is 17.9. The van der Waals surface area contributed by atoms with Gasteiger partial charge in [-0.15, -0.1) is 0 Å². The van der Waals surface area contributed by atoms with Gasteiger partial charge in [0.1, 0.15) is 19.8 Å². The molecule has 0 saturated heterocycles. The fourth-order valence-corrected chi connectivity index (χ4v) is 4.23. The zero-order chi connectivity index (χ0) is 20.4. The standard InChI is InChI=1S/C20H17BrN2O5S/c1-2-26-18(24)11-23-14-9-15-16(28-8-7-27-15)10-17(14)29-20(23)22-19(25)12-3-5-13(21)6-4-12/h3-6,9-10H,2,7-8,11H2,1H3. The summed E-state index contributed by atoms with van der Waals surface area (Å²) in [5.74, 6) is 0.447. The number of benzene rings is 2. The molecular weight excluding hydrogens is 460 g/mol. The largest absolute Gasteiger partial charge is 0.486 e. The molecule has 4 rings (SSSR count). The smallest absolute Gasteiger partial charge is 0.326 e. The van der Waals surface area contributed by atoms with Crippen LogP contribution in [0.25, 0.3) is 10.2 Å². The Kier molecular flexibility index (Phi) is 5.68. The van der Waals surface area contributed by atoms with Crippen LogP contribution in [0.5, 0.6) is 11.5 Å². The number of carbonyl (C=O) groups excluding carboxylic acids is 2. The number of halogens is 1. The molecule has 150 valence electrons. The minimum absolute atomic E-state index is 0.0556. The molecule has 1 aromatic heterocycles. The molecule has 2 heterocycles. The van der Waals surface area contributed by atoms with Crippen molar-refractivity contribution in [3.8, 4) is 11.5 Å². The van der Waals surface area contributed by atoms with Crippen LogP contribution in [0.4, 0.5) is 0 Å². The fourth-order valence-electron chi connectivity index (χ4n) is 2.92. The highest BCUT2D eigenvalue weighted by Gasteiger charge is 2.18. The van der Waals surface area contributed by atoms with Crippen molar-refractivity contribution in [2.75, 3.05) is 19.8 Å². The van der Waals surface area contributed by atoms with Crippen molar-refractivity contribution in [3.05, 3.63) is 51.2 Å². The van der Waals surface area contributed by atoms with Gasteiger partial charge in [0.25, 0.3) is 5.91 Å². The van der Waals surface area contributed by atoms with Gasteiger partial charge < -0.3 is 18.8 Å². The minimum Gasteiger partial charge on any atom is -0.486 e. The number of ether oxygens (including phenoxy) is 3. The molecule has 0 N–H and O–H groups in total. The third-order valence-electron chi connectivity index (χ3n) is 4.23. The second kappa shape index (κ2) is 8.38. The number of fused-ring (bicyclic) bond motifs is 2. The quantitative estimate of drug-likeness (QED) is 0.538. The number of carbonyl (C=O) groups is 2. The van der Waals surface area contributed by atoms with Crippen LogP contribution in [-0.4, -0.2) is 36.3 Å². The number of esters is 1. The van der Waals surface area contributed by atoms with Crippen LogP contribution in [0.3, 0.4) is 0 Å². The Labute approximate surface area is 178 Å². The van der Waals surface area contributed by atoms with Gasteiger partial charge in [-0.3, -0.25) is 9.59 Å². The van der Waals surface area contributed by atoms with E-state index < -0.39 is 5.97 Å². The molecule has 9 heteroatoms. The van der Waals surface area contributed by atoms with Crippen molar-refractivity contribution in [3.63, 3.8) is 0 Å². The van der Waals surface area contributed by atoms with E-state index in [2.05, 4.69) is 20.9 Å².